The molecule has 0 aliphatic carbocycles. The van der Waals surface area contributed by atoms with Crippen LogP contribution in [0.5, 0.6) is 0 Å². The largest absolute Gasteiger partial charge is 0.394 e. The van der Waals surface area contributed by atoms with Crippen LogP contribution in [0.3, 0.4) is 0 Å². The molecule has 0 spiro atoms. The first kappa shape index (κ1) is 29.3. The SMILES string of the molecule is CCCCCCCCCCCCCCCCCO[C@@H]1O[C@H](CO)[C@@H](O)[C@H](O)[C@H]1NC(C)=O. The summed E-state index contributed by atoms with van der Waals surface area (Å²) in [5.74, 6) is -0.340. The summed E-state index contributed by atoms with van der Waals surface area (Å²) in [6.07, 6.45) is 15.0. The number of carbonyl (C=O) groups excluding carboxylic acids is 1. The second kappa shape index (κ2) is 18.7. The van der Waals surface area contributed by atoms with Crippen molar-refractivity contribution in [2.24, 2.45) is 0 Å². The molecule has 32 heavy (non-hydrogen) atoms. The van der Waals surface area contributed by atoms with Gasteiger partial charge in [0.2, 0.25) is 5.91 Å². The van der Waals surface area contributed by atoms with Gasteiger partial charge in [0.25, 0.3) is 0 Å². The molecule has 1 saturated heterocycles. The van der Waals surface area contributed by atoms with Gasteiger partial charge in [0.05, 0.1) is 6.61 Å². The standard InChI is InChI=1S/C25H49NO6/c1-3-4-5-6-7-8-9-10-11-12-13-14-15-16-17-18-31-25-22(26-20(2)28)24(30)23(29)21(19-27)32-25/h21-25,27,29-30H,3-19H2,1-2H3,(H,26,28)/t21-,22-,23-,24-,25-/m1/s1. The van der Waals surface area contributed by atoms with E-state index in [1.54, 1.807) is 0 Å². The van der Waals surface area contributed by atoms with Crippen LogP contribution in [-0.2, 0) is 14.3 Å². The Morgan fingerprint density at radius 2 is 1.28 bits per heavy atom. The maximum Gasteiger partial charge on any atom is 0.217 e. The molecule has 4 N–H and O–H groups in total. The van der Waals surface area contributed by atoms with E-state index in [1.807, 2.05) is 0 Å². The highest BCUT2D eigenvalue weighted by Crippen LogP contribution is 2.22. The van der Waals surface area contributed by atoms with Gasteiger partial charge in [-0.2, -0.15) is 0 Å². The number of nitrogens with one attached hydrogen (secondary N) is 1. The van der Waals surface area contributed by atoms with E-state index in [0.29, 0.717) is 6.61 Å². The molecule has 0 radical (unpaired) electrons. The molecule has 0 aromatic carbocycles. The molecule has 0 saturated carbocycles. The van der Waals surface area contributed by atoms with Gasteiger partial charge in [-0.05, 0) is 6.42 Å². The van der Waals surface area contributed by atoms with Crippen molar-refractivity contribution in [3.05, 3.63) is 0 Å². The summed E-state index contributed by atoms with van der Waals surface area (Å²) >= 11 is 0. The van der Waals surface area contributed by atoms with E-state index < -0.39 is 37.3 Å². The monoisotopic (exact) mass is 459 g/mol. The number of amides is 1. The quantitative estimate of drug-likeness (QED) is 0.219. The second-order valence-corrected chi connectivity index (χ2v) is 9.25. The van der Waals surface area contributed by atoms with Crippen LogP contribution in [0, 0.1) is 0 Å². The summed E-state index contributed by atoms with van der Waals surface area (Å²) in [6.45, 7) is 3.62. The van der Waals surface area contributed by atoms with Crippen LogP contribution in [0.25, 0.3) is 0 Å². The fourth-order valence-corrected chi connectivity index (χ4v) is 4.29. The van der Waals surface area contributed by atoms with E-state index in [4.69, 9.17) is 9.47 Å². The zero-order valence-corrected chi connectivity index (χ0v) is 20.5. The maximum atomic E-state index is 11.4. The van der Waals surface area contributed by atoms with E-state index >= 15 is 0 Å². The van der Waals surface area contributed by atoms with Crippen LogP contribution in [0.2, 0.25) is 0 Å². The molecule has 0 aromatic heterocycles. The number of rotatable bonds is 19. The molecule has 7 nitrogen and oxygen atoms in total. The summed E-state index contributed by atoms with van der Waals surface area (Å²) in [7, 11) is 0. The molecule has 1 aliphatic heterocycles. The molecule has 1 rings (SSSR count). The first-order valence-electron chi connectivity index (χ1n) is 13.0. The van der Waals surface area contributed by atoms with Crippen LogP contribution in [0.15, 0.2) is 0 Å². The molecule has 1 fully saturated rings. The molecule has 190 valence electrons. The number of aliphatic hydroxyl groups is 3. The Labute approximate surface area is 195 Å². The highest BCUT2D eigenvalue weighted by molar-refractivity contribution is 5.73. The first-order valence-corrected chi connectivity index (χ1v) is 13.0. The molecule has 0 bridgehead atoms. The van der Waals surface area contributed by atoms with Gasteiger partial charge in [-0.3, -0.25) is 4.79 Å². The zero-order chi connectivity index (χ0) is 23.6. The van der Waals surface area contributed by atoms with E-state index in [9.17, 15) is 20.1 Å². The second-order valence-electron chi connectivity index (χ2n) is 9.25. The number of hydrogen-bond donors (Lipinski definition) is 4. The molecule has 0 aromatic rings. The Hall–Kier alpha value is -0.730. The van der Waals surface area contributed by atoms with Gasteiger partial charge < -0.3 is 30.1 Å². The van der Waals surface area contributed by atoms with Gasteiger partial charge in [-0.25, -0.2) is 0 Å². The van der Waals surface area contributed by atoms with Crippen molar-refractivity contribution in [1.82, 2.24) is 5.32 Å². The van der Waals surface area contributed by atoms with Crippen molar-refractivity contribution < 1.29 is 29.6 Å². The molecular formula is C25H49NO6. The molecular weight excluding hydrogens is 410 g/mol. The van der Waals surface area contributed by atoms with Gasteiger partial charge in [-0.15, -0.1) is 0 Å². The third-order valence-corrected chi connectivity index (χ3v) is 6.28. The van der Waals surface area contributed by atoms with Crippen molar-refractivity contribution >= 4 is 5.91 Å². The fourth-order valence-electron chi connectivity index (χ4n) is 4.29. The van der Waals surface area contributed by atoms with Gasteiger partial charge in [0, 0.05) is 13.5 Å². The summed E-state index contributed by atoms with van der Waals surface area (Å²) in [5.41, 5.74) is 0. The lowest BCUT2D eigenvalue weighted by molar-refractivity contribution is -0.270. The third kappa shape index (κ3) is 12.5. The van der Waals surface area contributed by atoms with Crippen LogP contribution < -0.4 is 5.32 Å². The highest BCUT2D eigenvalue weighted by atomic mass is 16.7. The van der Waals surface area contributed by atoms with Crippen LogP contribution in [0.1, 0.15) is 110 Å². The smallest absolute Gasteiger partial charge is 0.217 e. The van der Waals surface area contributed by atoms with E-state index in [1.165, 1.54) is 90.4 Å². The van der Waals surface area contributed by atoms with Gasteiger partial charge >= 0.3 is 0 Å². The molecule has 0 unspecified atom stereocenters. The van der Waals surface area contributed by atoms with Crippen molar-refractivity contribution in [1.29, 1.82) is 0 Å². The van der Waals surface area contributed by atoms with Crippen molar-refractivity contribution in [3.8, 4) is 0 Å². The van der Waals surface area contributed by atoms with Gasteiger partial charge in [0.1, 0.15) is 24.4 Å². The maximum absolute atomic E-state index is 11.4. The third-order valence-electron chi connectivity index (χ3n) is 6.28. The van der Waals surface area contributed by atoms with E-state index in [2.05, 4.69) is 12.2 Å². The van der Waals surface area contributed by atoms with Crippen LogP contribution in [-0.4, -0.2) is 65.1 Å². The summed E-state index contributed by atoms with van der Waals surface area (Å²) in [4.78, 5) is 11.4. The van der Waals surface area contributed by atoms with Gasteiger partial charge in [-0.1, -0.05) is 96.8 Å². The van der Waals surface area contributed by atoms with Crippen molar-refractivity contribution in [2.45, 2.75) is 141 Å². The normalized spacial score (nSPS) is 25.7. The zero-order valence-electron chi connectivity index (χ0n) is 20.5. The van der Waals surface area contributed by atoms with Crippen LogP contribution >= 0.6 is 0 Å². The summed E-state index contributed by atoms with van der Waals surface area (Å²) in [6, 6.07) is -0.860. The highest BCUT2D eigenvalue weighted by Gasteiger charge is 2.45. The summed E-state index contributed by atoms with van der Waals surface area (Å²) < 4.78 is 11.3. The molecule has 5 atom stereocenters. The predicted molar refractivity (Wildman–Crippen MR) is 126 cm³/mol. The van der Waals surface area contributed by atoms with E-state index in [-0.39, 0.29) is 5.91 Å². The Bertz CT molecular complexity index is 464. The average molecular weight is 460 g/mol. The lowest BCUT2D eigenvalue weighted by atomic mass is 9.97. The number of unbranched alkanes of at least 4 members (excludes halogenated alkanes) is 14. The Kier molecular flexibility index (Phi) is 17.1. The summed E-state index contributed by atoms with van der Waals surface area (Å²) in [5, 5.41) is 32.2. The number of aliphatic hydroxyl groups excluding tert-OH is 3. The minimum absolute atomic E-state index is 0.340. The Balaban J connectivity index is 2.04. The molecule has 7 heteroatoms. The minimum atomic E-state index is -1.28. The Morgan fingerprint density at radius 1 is 0.812 bits per heavy atom. The van der Waals surface area contributed by atoms with Crippen LogP contribution in [0.4, 0.5) is 0 Å². The van der Waals surface area contributed by atoms with Crippen molar-refractivity contribution in [2.75, 3.05) is 13.2 Å². The van der Waals surface area contributed by atoms with Crippen molar-refractivity contribution in [3.63, 3.8) is 0 Å². The predicted octanol–water partition coefficient (Wildman–Crippen LogP) is 3.82. The number of ether oxygens (including phenoxy) is 2. The fraction of sp³-hybridized carbons (Fsp3) is 0.960. The average Bonchev–Trinajstić information content (AvgIpc) is 2.77. The first-order chi connectivity index (χ1) is 15.5. The lowest BCUT2D eigenvalue weighted by Gasteiger charge is -2.42. The molecule has 1 heterocycles. The lowest BCUT2D eigenvalue weighted by Crippen LogP contribution is -2.64. The minimum Gasteiger partial charge on any atom is -0.394 e. The van der Waals surface area contributed by atoms with Gasteiger partial charge in [0.15, 0.2) is 6.29 Å². The molecule has 1 amide bonds. The topological polar surface area (TPSA) is 108 Å². The number of hydrogen-bond acceptors (Lipinski definition) is 6. The van der Waals surface area contributed by atoms with E-state index in [0.717, 1.165) is 12.8 Å². The number of carbonyl (C=O) groups is 1. The molecule has 1 aliphatic rings. The Morgan fingerprint density at radius 3 is 1.72 bits per heavy atom.